The van der Waals surface area contributed by atoms with Gasteiger partial charge >= 0.3 is 0 Å². The number of piperidine rings is 1. The van der Waals surface area contributed by atoms with Gasteiger partial charge in [0.1, 0.15) is 12.5 Å². The molecule has 2 spiro atoms. The van der Waals surface area contributed by atoms with Gasteiger partial charge in [-0.3, -0.25) is 0 Å². The average Bonchev–Trinajstić information content (AvgIpc) is 3.10. The van der Waals surface area contributed by atoms with Crippen molar-refractivity contribution in [3.63, 3.8) is 0 Å². The van der Waals surface area contributed by atoms with E-state index in [4.69, 9.17) is 9.47 Å². The predicted octanol–water partition coefficient (Wildman–Crippen LogP) is 2.11. The molecule has 5 aliphatic carbocycles. The van der Waals surface area contributed by atoms with Gasteiger partial charge in [0.25, 0.3) is 0 Å². The van der Waals surface area contributed by atoms with Crippen LogP contribution in [0.5, 0.6) is 0 Å². The van der Waals surface area contributed by atoms with E-state index in [9.17, 15) is 10.2 Å². The van der Waals surface area contributed by atoms with E-state index in [1.54, 1.807) is 0 Å². The van der Waals surface area contributed by atoms with Gasteiger partial charge in [0, 0.05) is 28.7 Å². The molecule has 4 aliphatic heterocycles. The Balaban J connectivity index is 1.45. The van der Waals surface area contributed by atoms with Crippen LogP contribution in [0.4, 0.5) is 0 Å². The normalized spacial score (nSPS) is 68.7. The molecule has 5 nitrogen and oxygen atoms in total. The maximum absolute atomic E-state index is 11.7. The van der Waals surface area contributed by atoms with Gasteiger partial charge in [-0.25, -0.2) is 4.90 Å². The molecule has 4 saturated heterocycles. The van der Waals surface area contributed by atoms with Gasteiger partial charge in [-0.05, 0) is 57.3 Å². The minimum Gasteiger partial charge on any atom is -0.390 e. The minimum absolute atomic E-state index is 0.0213. The van der Waals surface area contributed by atoms with Crippen molar-refractivity contribution in [3.05, 3.63) is 0 Å². The maximum atomic E-state index is 11.7. The van der Waals surface area contributed by atoms with Crippen LogP contribution in [0.3, 0.4) is 0 Å². The van der Waals surface area contributed by atoms with Crippen LogP contribution in [0.2, 0.25) is 0 Å². The number of aliphatic hydroxyl groups is 2. The first kappa shape index (κ1) is 16.6. The standard InChI is InChI=1S/C22H33NO4/c1-19-5-3-6-22-13-10-12-4-7-21(13,11-20(12,2)25)16(14(24)15(19)22)27-18(22)23-8-9-26-17(19)23/h12-18,24-25H,3-11H2,1-2H3/t12-,13-,14-,15+,16+,17+,18+,19-,20-,21+,22+/m0/s1. The Hall–Kier alpha value is -0.200. The van der Waals surface area contributed by atoms with Crippen molar-refractivity contribution in [1.82, 2.24) is 4.90 Å². The molecule has 9 rings (SSSR count). The predicted molar refractivity (Wildman–Crippen MR) is 97.5 cm³/mol. The van der Waals surface area contributed by atoms with E-state index in [0.29, 0.717) is 11.8 Å². The van der Waals surface area contributed by atoms with Crippen molar-refractivity contribution < 1.29 is 19.7 Å². The summed E-state index contributed by atoms with van der Waals surface area (Å²) in [6.07, 6.45) is 7.37. The van der Waals surface area contributed by atoms with Crippen LogP contribution in [0.1, 0.15) is 58.8 Å². The van der Waals surface area contributed by atoms with Gasteiger partial charge in [-0.1, -0.05) is 13.3 Å². The molecule has 0 aromatic heterocycles. The molecule has 5 saturated carbocycles. The zero-order chi connectivity index (χ0) is 18.4. The zero-order valence-electron chi connectivity index (χ0n) is 16.6. The fourth-order valence-electron chi connectivity index (χ4n) is 10.2. The Morgan fingerprint density at radius 3 is 2.78 bits per heavy atom. The van der Waals surface area contributed by atoms with E-state index in [0.717, 1.165) is 45.3 Å². The van der Waals surface area contributed by atoms with Gasteiger partial charge in [0.2, 0.25) is 0 Å². The lowest BCUT2D eigenvalue weighted by atomic mass is 9.31. The molecular formula is C22H33NO4. The first-order valence-corrected chi connectivity index (χ1v) is 11.3. The van der Waals surface area contributed by atoms with Crippen molar-refractivity contribution in [1.29, 1.82) is 0 Å². The van der Waals surface area contributed by atoms with Gasteiger partial charge < -0.3 is 19.7 Å². The highest BCUT2D eigenvalue weighted by molar-refractivity contribution is 5.28. The zero-order valence-corrected chi connectivity index (χ0v) is 16.6. The summed E-state index contributed by atoms with van der Waals surface area (Å²) in [4.78, 5) is 2.53. The van der Waals surface area contributed by atoms with E-state index in [2.05, 4.69) is 11.8 Å². The first-order chi connectivity index (χ1) is 12.8. The molecule has 5 heteroatoms. The van der Waals surface area contributed by atoms with Gasteiger partial charge in [-0.2, -0.15) is 0 Å². The molecular weight excluding hydrogens is 342 g/mol. The molecule has 0 unspecified atom stereocenters. The largest absolute Gasteiger partial charge is 0.390 e. The van der Waals surface area contributed by atoms with Crippen molar-refractivity contribution in [3.8, 4) is 0 Å². The van der Waals surface area contributed by atoms with E-state index >= 15 is 0 Å². The molecule has 11 atom stereocenters. The van der Waals surface area contributed by atoms with Crippen LogP contribution in [-0.4, -0.2) is 58.5 Å². The summed E-state index contributed by atoms with van der Waals surface area (Å²) in [7, 11) is 0. The first-order valence-electron chi connectivity index (χ1n) is 11.3. The van der Waals surface area contributed by atoms with Gasteiger partial charge in [0.15, 0.2) is 0 Å². The second kappa shape index (κ2) is 4.59. The summed E-state index contributed by atoms with van der Waals surface area (Å²) < 4.78 is 13.1. The van der Waals surface area contributed by atoms with Crippen molar-refractivity contribution >= 4 is 0 Å². The number of aliphatic hydroxyl groups excluding tert-OH is 1. The molecule has 150 valence electrons. The SMILES string of the molecule is C[C@]12CCC[C@@]34[C@@H]1[C@H](O)[C@@H](O[C@H]3N1CCO[C@@H]12)[C@@]12CC[C@@H](C[C@@H]14)[C@@](C)(O)C2. The number of fused-ring (bicyclic) bond motifs is 4. The quantitative estimate of drug-likeness (QED) is 0.679. The summed E-state index contributed by atoms with van der Waals surface area (Å²) in [6, 6.07) is 0. The van der Waals surface area contributed by atoms with Crippen LogP contribution >= 0.6 is 0 Å². The number of rotatable bonds is 0. The summed E-state index contributed by atoms with van der Waals surface area (Å²) >= 11 is 0. The number of nitrogens with zero attached hydrogens (tertiary/aromatic N) is 1. The van der Waals surface area contributed by atoms with E-state index in [1.807, 2.05) is 6.92 Å². The number of hydrogen-bond donors (Lipinski definition) is 2. The Bertz CT molecular complexity index is 712. The lowest BCUT2D eigenvalue weighted by molar-refractivity contribution is -0.448. The molecule has 9 fully saturated rings. The topological polar surface area (TPSA) is 62.2 Å². The van der Waals surface area contributed by atoms with Crippen LogP contribution in [0.25, 0.3) is 0 Å². The molecule has 0 aromatic carbocycles. The molecule has 0 aromatic rings. The van der Waals surface area contributed by atoms with Crippen LogP contribution in [0, 0.1) is 34.0 Å². The third-order valence-corrected chi connectivity index (χ3v) is 10.7. The second-order valence-corrected chi connectivity index (χ2v) is 11.6. The average molecular weight is 376 g/mol. The van der Waals surface area contributed by atoms with Crippen LogP contribution < -0.4 is 0 Å². The second-order valence-electron chi connectivity index (χ2n) is 11.6. The fraction of sp³-hybridized carbons (Fsp3) is 1.00. The van der Waals surface area contributed by atoms with Crippen LogP contribution in [0.15, 0.2) is 0 Å². The van der Waals surface area contributed by atoms with Crippen LogP contribution in [-0.2, 0) is 9.47 Å². The monoisotopic (exact) mass is 375 g/mol. The van der Waals surface area contributed by atoms with E-state index in [1.165, 1.54) is 12.8 Å². The number of hydrogen-bond acceptors (Lipinski definition) is 5. The highest BCUT2D eigenvalue weighted by Crippen LogP contribution is 2.79. The van der Waals surface area contributed by atoms with Crippen molar-refractivity contribution in [2.45, 2.75) is 89.1 Å². The summed E-state index contributed by atoms with van der Waals surface area (Å²) in [6.45, 7) is 6.18. The molecule has 2 N–H and O–H groups in total. The van der Waals surface area contributed by atoms with Gasteiger partial charge in [-0.15, -0.1) is 0 Å². The Morgan fingerprint density at radius 1 is 1.11 bits per heavy atom. The van der Waals surface area contributed by atoms with Crippen molar-refractivity contribution in [2.75, 3.05) is 13.2 Å². The van der Waals surface area contributed by atoms with Crippen molar-refractivity contribution in [2.24, 2.45) is 34.0 Å². The smallest absolute Gasteiger partial charge is 0.119 e. The summed E-state index contributed by atoms with van der Waals surface area (Å²) in [5, 5.41) is 22.9. The Kier molecular flexibility index (Phi) is 2.82. The van der Waals surface area contributed by atoms with Gasteiger partial charge in [0.05, 0.1) is 24.4 Å². The molecule has 0 radical (unpaired) electrons. The third-order valence-electron chi connectivity index (χ3n) is 10.7. The summed E-state index contributed by atoms with van der Waals surface area (Å²) in [5.41, 5.74) is -0.567. The third kappa shape index (κ3) is 1.53. The minimum atomic E-state index is -0.599. The fourth-order valence-corrected chi connectivity index (χ4v) is 10.2. The Morgan fingerprint density at radius 2 is 1.96 bits per heavy atom. The highest BCUT2D eigenvalue weighted by Gasteiger charge is 2.82. The Labute approximate surface area is 161 Å². The molecule has 7 bridgehead atoms. The lowest BCUT2D eigenvalue weighted by Crippen LogP contribution is -2.86. The van der Waals surface area contributed by atoms with E-state index < -0.39 is 11.7 Å². The molecule has 0 amide bonds. The summed E-state index contributed by atoms with van der Waals surface area (Å²) in [5.74, 6) is 1.28. The number of ether oxygens (including phenoxy) is 2. The van der Waals surface area contributed by atoms with E-state index in [-0.39, 0.29) is 40.7 Å². The molecule has 27 heavy (non-hydrogen) atoms. The highest BCUT2D eigenvalue weighted by atomic mass is 16.6. The molecule has 4 heterocycles. The maximum Gasteiger partial charge on any atom is 0.119 e. The molecule has 9 aliphatic rings. The lowest BCUT2D eigenvalue weighted by Gasteiger charge is -2.81.